The predicted octanol–water partition coefficient (Wildman–Crippen LogP) is 2.44. The number of nitrogens with one attached hydrogen (secondary N) is 1. The van der Waals surface area contributed by atoms with E-state index >= 15 is 0 Å². The smallest absolute Gasteiger partial charge is 0.252 e. The Morgan fingerprint density at radius 1 is 1.47 bits per heavy atom. The van der Waals surface area contributed by atoms with Gasteiger partial charge in [-0.1, -0.05) is 36.8 Å². The van der Waals surface area contributed by atoms with E-state index in [0.717, 1.165) is 11.3 Å². The number of thiazole rings is 1. The third-order valence-corrected chi connectivity index (χ3v) is 5.95. The fourth-order valence-electron chi connectivity index (χ4n) is 1.46. The Balaban J connectivity index is 2.91. The number of aromatic nitrogens is 1. The van der Waals surface area contributed by atoms with Gasteiger partial charge in [0.25, 0.3) is 10.0 Å². The van der Waals surface area contributed by atoms with Gasteiger partial charge in [-0.05, 0) is 19.8 Å². The topological polar surface area (TPSA) is 68.3 Å². The Morgan fingerprint density at radius 2 is 2.11 bits per heavy atom. The lowest BCUT2D eigenvalue weighted by molar-refractivity contribution is 0.116. The summed E-state index contributed by atoms with van der Waals surface area (Å²) in [4.78, 5) is 3.93. The largest absolute Gasteiger partial charge is 0.380 e. The van der Waals surface area contributed by atoms with Crippen LogP contribution in [0.25, 0.3) is 0 Å². The van der Waals surface area contributed by atoms with Crippen LogP contribution in [0, 0.1) is 12.8 Å². The van der Waals surface area contributed by atoms with Crippen molar-refractivity contribution in [1.82, 2.24) is 9.71 Å². The molecule has 0 aliphatic carbocycles. The predicted molar refractivity (Wildman–Crippen MR) is 77.3 cm³/mol. The molecule has 0 saturated carbocycles. The van der Waals surface area contributed by atoms with Crippen molar-refractivity contribution >= 4 is 33.0 Å². The number of aryl methyl sites for hydroxylation is 1. The highest BCUT2D eigenvalue weighted by molar-refractivity contribution is 7.91. The molecule has 0 saturated heterocycles. The highest BCUT2D eigenvalue weighted by Crippen LogP contribution is 2.27. The molecule has 1 aromatic heterocycles. The molecule has 0 spiro atoms. The maximum absolute atomic E-state index is 12.3. The second-order valence-corrected chi connectivity index (χ2v) is 7.96. The van der Waals surface area contributed by atoms with Crippen LogP contribution >= 0.6 is 22.9 Å². The third kappa shape index (κ3) is 4.68. The standard InChI is InChI=1S/C11H19ClN2O3S2/c1-5-17-6-9(7(2)3)14-19(15,16)10-8(4)13-11(12)18-10/h7,9,14H,5-6H2,1-4H3. The van der Waals surface area contributed by atoms with Crippen LogP contribution in [0.5, 0.6) is 0 Å². The van der Waals surface area contributed by atoms with Crippen molar-refractivity contribution < 1.29 is 13.2 Å². The molecule has 0 bridgehead atoms. The first-order valence-corrected chi connectivity index (χ1v) is 8.68. The maximum atomic E-state index is 12.3. The Labute approximate surface area is 123 Å². The Bertz CT molecular complexity index is 514. The van der Waals surface area contributed by atoms with Crippen molar-refractivity contribution in [2.24, 2.45) is 5.92 Å². The molecule has 1 heterocycles. The van der Waals surface area contributed by atoms with Crippen molar-refractivity contribution in [2.75, 3.05) is 13.2 Å². The summed E-state index contributed by atoms with van der Waals surface area (Å²) >= 11 is 6.71. The van der Waals surface area contributed by atoms with Gasteiger partial charge in [0.1, 0.15) is 0 Å². The lowest BCUT2D eigenvalue weighted by Crippen LogP contribution is -2.41. The normalized spacial score (nSPS) is 14.0. The molecule has 0 radical (unpaired) electrons. The molecular formula is C11H19ClN2O3S2. The number of sulfonamides is 1. The van der Waals surface area contributed by atoms with E-state index in [1.165, 1.54) is 0 Å². The molecule has 1 aromatic rings. The zero-order valence-corrected chi connectivity index (χ0v) is 13.8. The van der Waals surface area contributed by atoms with E-state index < -0.39 is 10.0 Å². The van der Waals surface area contributed by atoms with Crippen LogP contribution in [0.15, 0.2) is 4.21 Å². The number of hydrogen-bond donors (Lipinski definition) is 1. The second kappa shape index (κ2) is 6.99. The van der Waals surface area contributed by atoms with Crippen LogP contribution in [0.4, 0.5) is 0 Å². The number of hydrogen-bond acceptors (Lipinski definition) is 5. The van der Waals surface area contributed by atoms with Gasteiger partial charge in [0.05, 0.1) is 12.3 Å². The summed E-state index contributed by atoms with van der Waals surface area (Å²) in [7, 11) is -3.60. The van der Waals surface area contributed by atoms with Crippen LogP contribution in [-0.4, -0.2) is 32.7 Å². The molecule has 0 aliphatic rings. The van der Waals surface area contributed by atoms with Crippen molar-refractivity contribution in [1.29, 1.82) is 0 Å². The van der Waals surface area contributed by atoms with Crippen LogP contribution in [-0.2, 0) is 14.8 Å². The van der Waals surface area contributed by atoms with Crippen LogP contribution in [0.2, 0.25) is 4.47 Å². The first kappa shape index (κ1) is 16.8. The summed E-state index contributed by atoms with van der Waals surface area (Å²) in [6, 6.07) is -0.273. The van der Waals surface area contributed by atoms with E-state index in [-0.39, 0.29) is 20.6 Å². The molecule has 0 amide bonds. The molecule has 19 heavy (non-hydrogen) atoms. The molecule has 1 N–H and O–H groups in total. The minimum absolute atomic E-state index is 0.130. The summed E-state index contributed by atoms with van der Waals surface area (Å²) in [6.07, 6.45) is 0. The third-order valence-electron chi connectivity index (χ3n) is 2.58. The van der Waals surface area contributed by atoms with Crippen LogP contribution in [0.1, 0.15) is 26.5 Å². The quantitative estimate of drug-likeness (QED) is 0.835. The molecule has 1 rings (SSSR count). The van der Waals surface area contributed by atoms with Crippen molar-refractivity contribution in [3.63, 3.8) is 0 Å². The molecule has 0 aliphatic heterocycles. The van der Waals surface area contributed by atoms with Crippen molar-refractivity contribution in [2.45, 2.75) is 37.9 Å². The maximum Gasteiger partial charge on any atom is 0.252 e. The first-order valence-electron chi connectivity index (χ1n) is 6.01. The van der Waals surface area contributed by atoms with E-state index in [2.05, 4.69) is 9.71 Å². The Hall–Kier alpha value is -0.210. The highest BCUT2D eigenvalue weighted by atomic mass is 35.5. The lowest BCUT2D eigenvalue weighted by atomic mass is 10.1. The van der Waals surface area contributed by atoms with Gasteiger partial charge < -0.3 is 4.74 Å². The second-order valence-electron chi connectivity index (χ2n) is 4.47. The number of ether oxygens (including phenoxy) is 1. The molecule has 110 valence electrons. The molecule has 8 heteroatoms. The molecule has 0 aromatic carbocycles. The minimum atomic E-state index is -3.60. The lowest BCUT2D eigenvalue weighted by Gasteiger charge is -2.21. The summed E-state index contributed by atoms with van der Waals surface area (Å²) in [6.45, 7) is 8.29. The zero-order chi connectivity index (χ0) is 14.6. The zero-order valence-electron chi connectivity index (χ0n) is 11.4. The fourth-order valence-corrected chi connectivity index (χ4v) is 4.58. The monoisotopic (exact) mass is 326 g/mol. The summed E-state index contributed by atoms with van der Waals surface area (Å²) in [5.74, 6) is 0.130. The van der Waals surface area contributed by atoms with Crippen molar-refractivity contribution in [3.8, 4) is 0 Å². The molecule has 1 atom stereocenters. The van der Waals surface area contributed by atoms with Crippen LogP contribution in [0.3, 0.4) is 0 Å². The molecule has 5 nitrogen and oxygen atoms in total. The average Bonchev–Trinajstić information content (AvgIpc) is 2.64. The van der Waals surface area contributed by atoms with E-state index in [1.54, 1.807) is 6.92 Å². The summed E-state index contributed by atoms with van der Waals surface area (Å²) in [5.41, 5.74) is 0.418. The van der Waals surface area contributed by atoms with Gasteiger partial charge in [-0.3, -0.25) is 0 Å². The number of nitrogens with zero attached hydrogens (tertiary/aromatic N) is 1. The van der Waals surface area contributed by atoms with E-state index in [4.69, 9.17) is 16.3 Å². The summed E-state index contributed by atoms with van der Waals surface area (Å²) in [5, 5.41) is 0. The van der Waals surface area contributed by atoms with Gasteiger partial charge in [-0.15, -0.1) is 0 Å². The molecule has 0 fully saturated rings. The minimum Gasteiger partial charge on any atom is -0.380 e. The van der Waals surface area contributed by atoms with Crippen LogP contribution < -0.4 is 4.72 Å². The SMILES string of the molecule is CCOCC(NS(=O)(=O)c1sc(Cl)nc1C)C(C)C. The van der Waals surface area contributed by atoms with Gasteiger partial charge in [-0.2, -0.15) is 0 Å². The Kier molecular flexibility index (Phi) is 6.19. The van der Waals surface area contributed by atoms with E-state index in [1.807, 2.05) is 20.8 Å². The molecule has 1 unspecified atom stereocenters. The van der Waals surface area contributed by atoms with E-state index in [0.29, 0.717) is 18.9 Å². The summed E-state index contributed by atoms with van der Waals surface area (Å²) < 4.78 is 32.9. The van der Waals surface area contributed by atoms with Crippen molar-refractivity contribution in [3.05, 3.63) is 10.2 Å². The number of rotatable bonds is 7. The van der Waals surface area contributed by atoms with Gasteiger partial charge >= 0.3 is 0 Å². The molecular weight excluding hydrogens is 308 g/mol. The van der Waals surface area contributed by atoms with Gasteiger partial charge in [0.2, 0.25) is 0 Å². The number of halogens is 1. The Morgan fingerprint density at radius 3 is 2.53 bits per heavy atom. The average molecular weight is 327 g/mol. The van der Waals surface area contributed by atoms with Gasteiger partial charge in [0.15, 0.2) is 8.68 Å². The van der Waals surface area contributed by atoms with E-state index in [9.17, 15) is 8.42 Å². The van der Waals surface area contributed by atoms with Gasteiger partial charge in [-0.25, -0.2) is 18.1 Å². The highest BCUT2D eigenvalue weighted by Gasteiger charge is 2.26. The van der Waals surface area contributed by atoms with Gasteiger partial charge in [0, 0.05) is 12.6 Å². The fraction of sp³-hybridized carbons (Fsp3) is 0.727. The first-order chi connectivity index (χ1) is 8.77.